The smallest absolute Gasteiger partial charge is 0.270 e. The SMILES string of the molecule is CCn1c(NCc2ccc3c(c2)OCO3)c(/C=C2/SC(=S)N(CCOC)C2=O)c(C)c(C#N)c1=O. The lowest BCUT2D eigenvalue weighted by atomic mass is 10.0. The van der Waals surface area contributed by atoms with E-state index in [2.05, 4.69) is 5.32 Å². The Morgan fingerprint density at radius 1 is 1.31 bits per heavy atom. The summed E-state index contributed by atoms with van der Waals surface area (Å²) in [5.41, 5.74) is 1.67. The molecule has 9 nitrogen and oxygen atoms in total. The van der Waals surface area contributed by atoms with Gasteiger partial charge in [-0.15, -0.1) is 0 Å². The molecule has 2 aromatic rings. The number of hydrogen-bond donors (Lipinski definition) is 1. The van der Waals surface area contributed by atoms with Crippen molar-refractivity contribution in [3.8, 4) is 17.6 Å². The lowest BCUT2D eigenvalue weighted by molar-refractivity contribution is -0.122. The second-order valence-electron chi connectivity index (χ2n) is 7.79. The number of thioether (sulfide) groups is 1. The summed E-state index contributed by atoms with van der Waals surface area (Å²) in [4.78, 5) is 28.0. The van der Waals surface area contributed by atoms with Crippen LogP contribution in [-0.4, -0.2) is 46.7 Å². The maximum atomic E-state index is 13.0. The number of rotatable bonds is 8. The Morgan fingerprint density at radius 3 is 2.80 bits per heavy atom. The average molecular weight is 513 g/mol. The number of methoxy groups -OCH3 is 1. The van der Waals surface area contributed by atoms with Crippen LogP contribution in [0.25, 0.3) is 6.08 Å². The first-order valence-corrected chi connectivity index (χ1v) is 12.2. The van der Waals surface area contributed by atoms with E-state index < -0.39 is 0 Å². The molecule has 2 aliphatic rings. The van der Waals surface area contributed by atoms with Gasteiger partial charge in [-0.2, -0.15) is 5.26 Å². The fraction of sp³-hybridized carbons (Fsp3) is 0.333. The molecule has 3 heterocycles. The summed E-state index contributed by atoms with van der Waals surface area (Å²) < 4.78 is 17.9. The maximum absolute atomic E-state index is 13.0. The number of ether oxygens (including phenoxy) is 3. The zero-order valence-electron chi connectivity index (χ0n) is 19.5. The Bertz CT molecular complexity index is 1330. The minimum atomic E-state index is -0.384. The molecule has 1 aromatic heterocycles. The molecule has 1 amide bonds. The topological polar surface area (TPSA) is 106 Å². The van der Waals surface area contributed by atoms with Crippen molar-refractivity contribution in [1.29, 1.82) is 5.26 Å². The van der Waals surface area contributed by atoms with E-state index >= 15 is 0 Å². The van der Waals surface area contributed by atoms with Crippen molar-refractivity contribution in [2.45, 2.75) is 26.9 Å². The molecule has 0 aliphatic carbocycles. The number of carbonyl (C=O) groups is 1. The zero-order chi connectivity index (χ0) is 25.1. The molecule has 2 aliphatic heterocycles. The van der Waals surface area contributed by atoms with Crippen LogP contribution in [0.5, 0.6) is 11.5 Å². The van der Waals surface area contributed by atoms with Crippen molar-refractivity contribution in [2.75, 3.05) is 32.4 Å². The molecule has 11 heteroatoms. The van der Waals surface area contributed by atoms with Crippen molar-refractivity contribution in [3.63, 3.8) is 0 Å². The van der Waals surface area contributed by atoms with Gasteiger partial charge in [-0.05, 0) is 43.2 Å². The van der Waals surface area contributed by atoms with Crippen LogP contribution in [0.1, 0.15) is 29.2 Å². The van der Waals surface area contributed by atoms with Crippen LogP contribution in [0.15, 0.2) is 27.9 Å². The van der Waals surface area contributed by atoms with Gasteiger partial charge in [0.25, 0.3) is 11.5 Å². The van der Waals surface area contributed by atoms with E-state index in [1.807, 2.05) is 31.2 Å². The number of benzene rings is 1. The van der Waals surface area contributed by atoms with E-state index in [-0.39, 0.29) is 23.8 Å². The summed E-state index contributed by atoms with van der Waals surface area (Å²) in [6.07, 6.45) is 1.70. The first-order valence-electron chi connectivity index (χ1n) is 10.9. The van der Waals surface area contributed by atoms with Crippen molar-refractivity contribution in [1.82, 2.24) is 9.47 Å². The molecule has 0 atom stereocenters. The zero-order valence-corrected chi connectivity index (χ0v) is 21.2. The molecule has 182 valence electrons. The second-order valence-corrected chi connectivity index (χ2v) is 9.47. The van der Waals surface area contributed by atoms with Gasteiger partial charge >= 0.3 is 0 Å². The highest BCUT2D eigenvalue weighted by Crippen LogP contribution is 2.36. The van der Waals surface area contributed by atoms with E-state index in [0.717, 1.165) is 5.56 Å². The standard InChI is InChI=1S/C24H24N4O5S2/c1-4-27-21(26-12-15-5-6-18-19(9-15)33-13-32-18)16(14(2)17(11-25)22(27)29)10-20-23(30)28(7-8-31-3)24(34)35-20/h5-6,9-10,26H,4,7-8,12-13H2,1-3H3/b20-10+. The number of thiocarbonyl (C=S) groups is 1. The maximum Gasteiger partial charge on any atom is 0.270 e. The number of carbonyl (C=O) groups excluding carboxylic acids is 1. The van der Waals surface area contributed by atoms with Crippen LogP contribution in [0, 0.1) is 18.3 Å². The van der Waals surface area contributed by atoms with Gasteiger partial charge in [-0.25, -0.2) is 0 Å². The number of pyridine rings is 1. The highest BCUT2D eigenvalue weighted by Gasteiger charge is 2.32. The quantitative estimate of drug-likeness (QED) is 0.421. The third-order valence-electron chi connectivity index (χ3n) is 5.76. The fourth-order valence-electron chi connectivity index (χ4n) is 3.90. The van der Waals surface area contributed by atoms with Gasteiger partial charge in [0.2, 0.25) is 6.79 Å². The van der Waals surface area contributed by atoms with Gasteiger partial charge in [-0.1, -0.05) is 30.0 Å². The van der Waals surface area contributed by atoms with Gasteiger partial charge < -0.3 is 19.5 Å². The van der Waals surface area contributed by atoms with Crippen LogP contribution in [-0.2, 0) is 22.6 Å². The monoisotopic (exact) mass is 512 g/mol. The van der Waals surface area contributed by atoms with Crippen molar-refractivity contribution < 1.29 is 19.0 Å². The van der Waals surface area contributed by atoms with Crippen molar-refractivity contribution in [3.05, 3.63) is 55.7 Å². The molecular weight excluding hydrogens is 488 g/mol. The van der Waals surface area contributed by atoms with Gasteiger partial charge in [0.05, 0.1) is 18.1 Å². The normalized spacial score (nSPS) is 15.7. The van der Waals surface area contributed by atoms with Crippen LogP contribution in [0.2, 0.25) is 0 Å². The summed E-state index contributed by atoms with van der Waals surface area (Å²) in [6.45, 7) is 5.17. The number of aromatic nitrogens is 1. The lowest BCUT2D eigenvalue weighted by Crippen LogP contribution is -2.31. The Kier molecular flexibility index (Phi) is 7.45. The number of nitrogens with zero attached hydrogens (tertiary/aromatic N) is 3. The number of fused-ring (bicyclic) bond motifs is 1. The van der Waals surface area contributed by atoms with Crippen LogP contribution in [0.3, 0.4) is 0 Å². The predicted octanol–water partition coefficient (Wildman–Crippen LogP) is 3.24. The first kappa shape index (κ1) is 24.8. The number of nitrogens with one attached hydrogen (secondary N) is 1. The molecule has 4 rings (SSSR count). The Hall–Kier alpha value is -3.33. The summed E-state index contributed by atoms with van der Waals surface area (Å²) in [7, 11) is 1.56. The van der Waals surface area contributed by atoms with Crippen LogP contribution < -0.4 is 20.3 Å². The largest absolute Gasteiger partial charge is 0.454 e. The minimum Gasteiger partial charge on any atom is -0.454 e. The van der Waals surface area contributed by atoms with E-state index in [9.17, 15) is 14.9 Å². The number of amides is 1. The minimum absolute atomic E-state index is 0.0431. The van der Waals surface area contributed by atoms with Crippen LogP contribution in [0.4, 0.5) is 5.82 Å². The number of hydrogen-bond acceptors (Lipinski definition) is 9. The fourth-order valence-corrected chi connectivity index (χ4v) is 5.19. The van der Waals surface area contributed by atoms with Gasteiger partial charge in [-0.3, -0.25) is 19.1 Å². The Labute approximate surface area is 212 Å². The Balaban J connectivity index is 1.75. The summed E-state index contributed by atoms with van der Waals surface area (Å²) >= 11 is 6.58. The third-order valence-corrected chi connectivity index (χ3v) is 7.13. The van der Waals surface area contributed by atoms with E-state index in [1.54, 1.807) is 20.1 Å². The molecule has 0 radical (unpaired) electrons. The highest BCUT2D eigenvalue weighted by atomic mass is 32.2. The van der Waals surface area contributed by atoms with Crippen molar-refractivity contribution >= 4 is 46.1 Å². The molecule has 1 aromatic carbocycles. The highest BCUT2D eigenvalue weighted by molar-refractivity contribution is 8.26. The lowest BCUT2D eigenvalue weighted by Gasteiger charge is -2.19. The molecule has 1 saturated heterocycles. The molecule has 0 spiro atoms. The Morgan fingerprint density at radius 2 is 2.09 bits per heavy atom. The molecule has 0 unspecified atom stereocenters. The number of nitriles is 1. The van der Waals surface area contributed by atoms with Gasteiger partial charge in [0.15, 0.2) is 11.5 Å². The summed E-state index contributed by atoms with van der Waals surface area (Å²) in [6, 6.07) is 7.64. The molecule has 0 saturated carbocycles. The van der Waals surface area contributed by atoms with E-state index in [0.29, 0.717) is 63.9 Å². The average Bonchev–Trinajstić information content (AvgIpc) is 3.42. The molecule has 35 heavy (non-hydrogen) atoms. The van der Waals surface area contributed by atoms with E-state index in [4.69, 9.17) is 26.4 Å². The summed E-state index contributed by atoms with van der Waals surface area (Å²) in [5, 5.41) is 13.0. The molecule has 0 bridgehead atoms. The van der Waals surface area contributed by atoms with Gasteiger partial charge in [0.1, 0.15) is 21.8 Å². The first-order chi connectivity index (χ1) is 16.9. The van der Waals surface area contributed by atoms with Crippen molar-refractivity contribution in [2.24, 2.45) is 0 Å². The summed E-state index contributed by atoms with van der Waals surface area (Å²) in [5.74, 6) is 1.64. The van der Waals surface area contributed by atoms with Gasteiger partial charge in [0, 0.05) is 25.8 Å². The predicted molar refractivity (Wildman–Crippen MR) is 137 cm³/mol. The third kappa shape index (κ3) is 4.77. The molecular formula is C24H24N4O5S2. The number of anilines is 1. The van der Waals surface area contributed by atoms with E-state index in [1.165, 1.54) is 21.2 Å². The molecule has 1 fully saturated rings. The second kappa shape index (κ2) is 10.5. The molecule has 1 N–H and O–H groups in total. The van der Waals surface area contributed by atoms with Crippen LogP contribution >= 0.6 is 24.0 Å².